The molecule has 4 heteroatoms. The van der Waals surface area contributed by atoms with Gasteiger partial charge in [-0.25, -0.2) is 5.01 Å². The monoisotopic (exact) mass is 249 g/mol. The Balaban J connectivity index is 2.09. The molecule has 0 amide bonds. The lowest BCUT2D eigenvalue weighted by Gasteiger charge is -2.41. The summed E-state index contributed by atoms with van der Waals surface area (Å²) < 4.78 is 0. The predicted octanol–water partition coefficient (Wildman–Crippen LogP) is 1.21. The first kappa shape index (κ1) is 13.3. The molecule has 0 spiro atoms. The van der Waals surface area contributed by atoms with Crippen LogP contribution in [0.3, 0.4) is 0 Å². The van der Waals surface area contributed by atoms with Gasteiger partial charge in [0.1, 0.15) is 0 Å². The number of para-hydroxylation sites is 1. The van der Waals surface area contributed by atoms with Crippen molar-refractivity contribution in [3.8, 4) is 0 Å². The van der Waals surface area contributed by atoms with E-state index >= 15 is 0 Å². The van der Waals surface area contributed by atoms with E-state index in [9.17, 15) is 0 Å². The second-order valence-corrected chi connectivity index (χ2v) is 4.85. The third kappa shape index (κ3) is 3.45. The summed E-state index contributed by atoms with van der Waals surface area (Å²) in [6.07, 6.45) is 3.03. The van der Waals surface area contributed by atoms with E-state index in [4.69, 9.17) is 10.8 Å². The molecule has 1 unspecified atom stereocenters. The summed E-state index contributed by atoms with van der Waals surface area (Å²) in [5, 5.41) is 13.6. The Morgan fingerprint density at radius 3 is 2.78 bits per heavy atom. The topological polar surface area (TPSA) is 52.7 Å². The summed E-state index contributed by atoms with van der Waals surface area (Å²) in [6.45, 7) is 3.02. The molecule has 4 nitrogen and oxygen atoms in total. The lowest BCUT2D eigenvalue weighted by molar-refractivity contribution is 0.183. The zero-order chi connectivity index (χ0) is 12.8. The van der Waals surface area contributed by atoms with E-state index in [2.05, 4.69) is 22.2 Å². The van der Waals surface area contributed by atoms with Gasteiger partial charge in [0.25, 0.3) is 0 Å². The van der Waals surface area contributed by atoms with E-state index in [1.807, 2.05) is 18.2 Å². The molecule has 0 aromatic heterocycles. The fraction of sp³-hybridized carbons (Fsp3) is 0.571. The molecule has 18 heavy (non-hydrogen) atoms. The number of anilines is 1. The summed E-state index contributed by atoms with van der Waals surface area (Å²) in [4.78, 5) is 0. The minimum absolute atomic E-state index is 0.225. The number of hydrazine groups is 1. The van der Waals surface area contributed by atoms with Crippen LogP contribution < -0.4 is 10.7 Å². The number of nitrogens with two attached hydrogens (primary N) is 1. The van der Waals surface area contributed by atoms with Crippen molar-refractivity contribution in [3.05, 3.63) is 30.3 Å². The number of benzene rings is 1. The Bertz CT molecular complexity index is 344. The molecule has 3 N–H and O–H groups in total. The molecule has 1 aliphatic rings. The number of aliphatic hydroxyl groups is 1. The van der Waals surface area contributed by atoms with Gasteiger partial charge >= 0.3 is 0 Å². The van der Waals surface area contributed by atoms with Crippen molar-refractivity contribution in [2.24, 2.45) is 5.73 Å². The van der Waals surface area contributed by atoms with Crippen molar-refractivity contribution < 1.29 is 5.11 Å². The largest absolute Gasteiger partial charge is 0.396 e. The molecular weight excluding hydrogens is 226 g/mol. The van der Waals surface area contributed by atoms with E-state index in [-0.39, 0.29) is 12.6 Å². The van der Waals surface area contributed by atoms with Gasteiger partial charge in [-0.15, -0.1) is 0 Å². The molecule has 0 bridgehead atoms. The molecule has 0 aliphatic carbocycles. The van der Waals surface area contributed by atoms with Crippen LogP contribution in [-0.4, -0.2) is 42.4 Å². The maximum Gasteiger partial charge on any atom is 0.0522 e. The zero-order valence-electron chi connectivity index (χ0n) is 10.8. The fourth-order valence-corrected chi connectivity index (χ4v) is 2.46. The maximum atomic E-state index is 9.04. The number of rotatable bonds is 5. The van der Waals surface area contributed by atoms with E-state index in [0.29, 0.717) is 0 Å². The van der Waals surface area contributed by atoms with Crippen LogP contribution in [0.2, 0.25) is 0 Å². The molecule has 0 saturated carbocycles. The number of hydrogen-bond donors (Lipinski definition) is 2. The van der Waals surface area contributed by atoms with Crippen LogP contribution in [0.1, 0.15) is 19.3 Å². The summed E-state index contributed by atoms with van der Waals surface area (Å²) in [5.74, 6) is 0. The zero-order valence-corrected chi connectivity index (χ0v) is 10.8. The number of nitrogens with zero attached hydrogens (tertiary/aromatic N) is 2. The molecule has 1 aliphatic heterocycles. The highest BCUT2D eigenvalue weighted by Crippen LogP contribution is 2.19. The molecule has 1 fully saturated rings. The van der Waals surface area contributed by atoms with Crippen LogP contribution in [0, 0.1) is 0 Å². The van der Waals surface area contributed by atoms with Crippen molar-refractivity contribution >= 4 is 5.69 Å². The molecule has 0 radical (unpaired) electrons. The number of piperidine rings is 1. The lowest BCUT2D eigenvalue weighted by Crippen LogP contribution is -2.52. The highest BCUT2D eigenvalue weighted by molar-refractivity contribution is 5.44. The Morgan fingerprint density at radius 1 is 1.33 bits per heavy atom. The molecule has 2 rings (SSSR count). The molecule has 1 atom stereocenters. The summed E-state index contributed by atoms with van der Waals surface area (Å²) in [6, 6.07) is 10.6. The van der Waals surface area contributed by atoms with Gasteiger partial charge < -0.3 is 15.8 Å². The average molecular weight is 249 g/mol. The Labute approximate surface area is 109 Å². The fourth-order valence-electron chi connectivity index (χ4n) is 2.46. The molecule has 1 aromatic rings. The highest BCUT2D eigenvalue weighted by atomic mass is 16.3. The minimum atomic E-state index is 0.225. The summed E-state index contributed by atoms with van der Waals surface area (Å²) in [7, 11) is 0. The Hall–Kier alpha value is -1.10. The second kappa shape index (κ2) is 6.73. The van der Waals surface area contributed by atoms with Crippen molar-refractivity contribution in [3.63, 3.8) is 0 Å². The normalized spacial score (nSPS) is 20.9. The molecule has 1 saturated heterocycles. The molecule has 100 valence electrons. The van der Waals surface area contributed by atoms with Crippen LogP contribution in [0.25, 0.3) is 0 Å². The Kier molecular flexibility index (Phi) is 4.99. The van der Waals surface area contributed by atoms with Gasteiger partial charge in [0.15, 0.2) is 0 Å². The quantitative estimate of drug-likeness (QED) is 0.823. The minimum Gasteiger partial charge on any atom is -0.396 e. The first-order valence-electron chi connectivity index (χ1n) is 6.75. The van der Waals surface area contributed by atoms with Gasteiger partial charge in [-0.05, 0) is 31.4 Å². The van der Waals surface area contributed by atoms with Crippen LogP contribution in [-0.2, 0) is 0 Å². The van der Waals surface area contributed by atoms with E-state index < -0.39 is 0 Å². The van der Waals surface area contributed by atoms with Crippen molar-refractivity contribution in [2.45, 2.75) is 25.3 Å². The lowest BCUT2D eigenvalue weighted by atomic mass is 10.1. The van der Waals surface area contributed by atoms with Crippen LogP contribution >= 0.6 is 0 Å². The van der Waals surface area contributed by atoms with Crippen LogP contribution in [0.4, 0.5) is 5.69 Å². The highest BCUT2D eigenvalue weighted by Gasteiger charge is 2.22. The summed E-state index contributed by atoms with van der Waals surface area (Å²) >= 11 is 0. The standard InChI is InChI=1S/C14H23N3O/c15-13-6-4-9-16(12-13)17(10-5-11-18)14-7-2-1-3-8-14/h1-3,7-8,13,18H,4-6,9-12,15H2. The summed E-state index contributed by atoms with van der Waals surface area (Å²) in [5.41, 5.74) is 7.23. The smallest absolute Gasteiger partial charge is 0.0522 e. The van der Waals surface area contributed by atoms with Crippen molar-refractivity contribution in [1.82, 2.24) is 5.01 Å². The molecular formula is C14H23N3O. The van der Waals surface area contributed by atoms with Crippen molar-refractivity contribution in [2.75, 3.05) is 31.3 Å². The van der Waals surface area contributed by atoms with Gasteiger partial charge in [0, 0.05) is 32.3 Å². The third-order valence-electron chi connectivity index (χ3n) is 3.36. The second-order valence-electron chi connectivity index (χ2n) is 4.85. The molecule has 1 aromatic carbocycles. The van der Waals surface area contributed by atoms with Gasteiger partial charge in [-0.1, -0.05) is 18.2 Å². The van der Waals surface area contributed by atoms with Gasteiger partial charge in [-0.2, -0.15) is 0 Å². The Morgan fingerprint density at radius 2 is 2.11 bits per heavy atom. The first-order chi connectivity index (χ1) is 8.81. The average Bonchev–Trinajstić information content (AvgIpc) is 2.40. The number of hydrogen-bond acceptors (Lipinski definition) is 4. The van der Waals surface area contributed by atoms with Crippen LogP contribution in [0.15, 0.2) is 30.3 Å². The van der Waals surface area contributed by atoms with Crippen molar-refractivity contribution in [1.29, 1.82) is 0 Å². The molecule has 1 heterocycles. The van der Waals surface area contributed by atoms with Gasteiger partial charge in [-0.3, -0.25) is 0 Å². The van der Waals surface area contributed by atoms with E-state index in [1.54, 1.807) is 0 Å². The third-order valence-corrected chi connectivity index (χ3v) is 3.36. The number of aliphatic hydroxyl groups excluding tert-OH is 1. The van der Waals surface area contributed by atoms with E-state index in [0.717, 1.165) is 38.9 Å². The van der Waals surface area contributed by atoms with Gasteiger partial charge in [0.05, 0.1) is 5.69 Å². The SMILES string of the molecule is NC1CCCN(N(CCCO)c2ccccc2)C1. The first-order valence-corrected chi connectivity index (χ1v) is 6.75. The predicted molar refractivity (Wildman–Crippen MR) is 74.3 cm³/mol. The maximum absolute atomic E-state index is 9.04. The van der Waals surface area contributed by atoms with Gasteiger partial charge in [0.2, 0.25) is 0 Å². The van der Waals surface area contributed by atoms with E-state index in [1.165, 1.54) is 5.69 Å². The van der Waals surface area contributed by atoms with Crippen LogP contribution in [0.5, 0.6) is 0 Å².